The summed E-state index contributed by atoms with van der Waals surface area (Å²) in [5.41, 5.74) is 4.56. The fourth-order valence-electron chi connectivity index (χ4n) is 2.89. The van der Waals surface area contributed by atoms with Crippen LogP contribution in [0, 0.1) is 13.8 Å². The van der Waals surface area contributed by atoms with Gasteiger partial charge in [0.15, 0.2) is 0 Å². The van der Waals surface area contributed by atoms with Gasteiger partial charge < -0.3 is 10.2 Å². The molecule has 1 aliphatic rings. The molecule has 2 heterocycles. The minimum absolute atomic E-state index is 0. The Hall–Kier alpha value is -1.85. The fraction of sp³-hybridized carbons (Fsp3) is 0.375. The fourth-order valence-corrected chi connectivity index (χ4v) is 2.89. The van der Waals surface area contributed by atoms with Crippen molar-refractivity contribution in [3.05, 3.63) is 46.8 Å². The van der Waals surface area contributed by atoms with E-state index in [9.17, 15) is 4.79 Å². The zero-order chi connectivity index (χ0) is 15.0. The first kappa shape index (κ1) is 16.5. The van der Waals surface area contributed by atoms with Gasteiger partial charge >= 0.3 is 0 Å². The first-order chi connectivity index (χ1) is 10.1. The molecule has 1 aromatic carbocycles. The highest BCUT2D eigenvalue weighted by molar-refractivity contribution is 6.08. The Morgan fingerprint density at radius 3 is 2.68 bits per heavy atom. The van der Waals surface area contributed by atoms with E-state index in [-0.39, 0.29) is 18.3 Å². The Labute approximate surface area is 136 Å². The number of carbonyl (C=O) groups is 1. The average molecular weight is 321 g/mol. The molecule has 0 aliphatic carbocycles. The minimum Gasteiger partial charge on any atom is -0.311 e. The largest absolute Gasteiger partial charge is 0.311 e. The summed E-state index contributed by atoms with van der Waals surface area (Å²) < 4.78 is 1.77. The molecule has 5 nitrogen and oxygen atoms in total. The topological polar surface area (TPSA) is 50.2 Å². The van der Waals surface area contributed by atoms with Crippen LogP contribution in [0.2, 0.25) is 0 Å². The third kappa shape index (κ3) is 2.74. The molecule has 0 spiro atoms. The van der Waals surface area contributed by atoms with Gasteiger partial charge in [-0.3, -0.25) is 9.48 Å². The van der Waals surface area contributed by atoms with Gasteiger partial charge in [0.05, 0.1) is 11.3 Å². The van der Waals surface area contributed by atoms with Crippen LogP contribution >= 0.6 is 12.4 Å². The van der Waals surface area contributed by atoms with Crippen LogP contribution in [0.5, 0.6) is 0 Å². The summed E-state index contributed by atoms with van der Waals surface area (Å²) in [4.78, 5) is 14.9. The van der Waals surface area contributed by atoms with Gasteiger partial charge in [-0.25, -0.2) is 0 Å². The number of halogens is 1. The normalized spacial score (nSPS) is 14.0. The van der Waals surface area contributed by atoms with Crippen molar-refractivity contribution >= 4 is 24.0 Å². The van der Waals surface area contributed by atoms with Crippen LogP contribution in [0.15, 0.2) is 24.3 Å². The standard InChI is InChI=1S/C16H20N4O.ClH/c1-11-15(12(2)19(3)18-11)16(21)20-9-8-17-10-13-6-4-5-7-14(13)20;/h4-7,17H,8-10H2,1-3H3;1H. The number of amides is 1. The van der Waals surface area contributed by atoms with Crippen molar-refractivity contribution in [3.8, 4) is 0 Å². The maximum Gasteiger partial charge on any atom is 0.262 e. The molecule has 0 bridgehead atoms. The van der Waals surface area contributed by atoms with E-state index in [0.717, 1.165) is 35.7 Å². The van der Waals surface area contributed by atoms with Crippen LogP contribution < -0.4 is 10.2 Å². The van der Waals surface area contributed by atoms with E-state index in [4.69, 9.17) is 0 Å². The molecule has 0 saturated heterocycles. The molecule has 0 radical (unpaired) electrons. The van der Waals surface area contributed by atoms with Crippen molar-refractivity contribution in [1.29, 1.82) is 0 Å². The van der Waals surface area contributed by atoms with Crippen molar-refractivity contribution in [3.63, 3.8) is 0 Å². The maximum absolute atomic E-state index is 13.0. The molecule has 118 valence electrons. The predicted octanol–water partition coefficient (Wildman–Crippen LogP) is 2.21. The van der Waals surface area contributed by atoms with Gasteiger partial charge in [0.2, 0.25) is 0 Å². The van der Waals surface area contributed by atoms with Crippen LogP contribution in [-0.2, 0) is 13.6 Å². The molecule has 1 aliphatic heterocycles. The number of benzene rings is 1. The molecular weight excluding hydrogens is 300 g/mol. The monoisotopic (exact) mass is 320 g/mol. The summed E-state index contributed by atoms with van der Waals surface area (Å²) >= 11 is 0. The zero-order valence-corrected chi connectivity index (χ0v) is 13.9. The first-order valence-corrected chi connectivity index (χ1v) is 7.20. The lowest BCUT2D eigenvalue weighted by atomic mass is 10.1. The Bertz CT molecular complexity index is 695. The minimum atomic E-state index is 0. The molecular formula is C16H21ClN4O. The number of rotatable bonds is 1. The SMILES string of the molecule is Cc1nn(C)c(C)c1C(=O)N1CCNCc2ccccc21.Cl. The van der Waals surface area contributed by atoms with Crippen LogP contribution in [0.3, 0.4) is 0 Å². The number of hydrogen-bond acceptors (Lipinski definition) is 3. The average Bonchev–Trinajstić information content (AvgIpc) is 2.66. The van der Waals surface area contributed by atoms with Crippen LogP contribution in [0.4, 0.5) is 5.69 Å². The van der Waals surface area contributed by atoms with Gasteiger partial charge in [-0.15, -0.1) is 12.4 Å². The van der Waals surface area contributed by atoms with Gasteiger partial charge in [0.25, 0.3) is 5.91 Å². The summed E-state index contributed by atoms with van der Waals surface area (Å²) in [5, 5.41) is 7.72. The van der Waals surface area contributed by atoms with E-state index in [0.29, 0.717) is 12.1 Å². The summed E-state index contributed by atoms with van der Waals surface area (Å²) in [7, 11) is 1.87. The third-order valence-electron chi connectivity index (χ3n) is 4.08. The van der Waals surface area contributed by atoms with Crippen molar-refractivity contribution in [1.82, 2.24) is 15.1 Å². The Balaban J connectivity index is 0.00000176. The van der Waals surface area contributed by atoms with Gasteiger partial charge in [-0.05, 0) is 25.5 Å². The van der Waals surface area contributed by atoms with E-state index in [2.05, 4.69) is 16.5 Å². The molecule has 1 amide bonds. The van der Waals surface area contributed by atoms with E-state index in [1.165, 1.54) is 0 Å². The number of nitrogens with one attached hydrogen (secondary N) is 1. The van der Waals surface area contributed by atoms with Gasteiger partial charge in [-0.2, -0.15) is 5.10 Å². The number of aryl methyl sites for hydroxylation is 2. The van der Waals surface area contributed by atoms with Gasteiger partial charge in [0.1, 0.15) is 0 Å². The van der Waals surface area contributed by atoms with Crippen molar-refractivity contribution in [2.24, 2.45) is 7.05 Å². The van der Waals surface area contributed by atoms with Crippen molar-refractivity contribution < 1.29 is 4.79 Å². The summed E-state index contributed by atoms with van der Waals surface area (Å²) in [6.45, 7) is 6.09. The van der Waals surface area contributed by atoms with Crippen LogP contribution in [0.25, 0.3) is 0 Å². The van der Waals surface area contributed by atoms with Gasteiger partial charge in [0, 0.05) is 38.1 Å². The maximum atomic E-state index is 13.0. The number of aromatic nitrogens is 2. The lowest BCUT2D eigenvalue weighted by Gasteiger charge is -2.22. The molecule has 22 heavy (non-hydrogen) atoms. The second-order valence-corrected chi connectivity index (χ2v) is 5.43. The number of para-hydroxylation sites is 1. The molecule has 0 saturated carbocycles. The first-order valence-electron chi connectivity index (χ1n) is 7.20. The van der Waals surface area contributed by atoms with Crippen molar-refractivity contribution in [2.45, 2.75) is 20.4 Å². The predicted molar refractivity (Wildman–Crippen MR) is 89.8 cm³/mol. The highest BCUT2D eigenvalue weighted by Crippen LogP contribution is 2.25. The quantitative estimate of drug-likeness (QED) is 0.876. The lowest BCUT2D eigenvalue weighted by molar-refractivity contribution is 0.0986. The molecule has 6 heteroatoms. The van der Waals surface area contributed by atoms with E-state index in [1.807, 2.05) is 44.0 Å². The molecule has 0 fully saturated rings. The molecule has 3 rings (SSSR count). The Morgan fingerprint density at radius 2 is 2.00 bits per heavy atom. The zero-order valence-electron chi connectivity index (χ0n) is 13.1. The molecule has 1 aromatic heterocycles. The highest BCUT2D eigenvalue weighted by atomic mass is 35.5. The van der Waals surface area contributed by atoms with Crippen LogP contribution in [-0.4, -0.2) is 28.8 Å². The second kappa shape index (κ2) is 6.50. The number of carbonyl (C=O) groups excluding carboxylic acids is 1. The lowest BCUT2D eigenvalue weighted by Crippen LogP contribution is -2.35. The van der Waals surface area contributed by atoms with Crippen LogP contribution in [0.1, 0.15) is 27.3 Å². The van der Waals surface area contributed by atoms with Gasteiger partial charge in [-0.1, -0.05) is 18.2 Å². The summed E-state index contributed by atoms with van der Waals surface area (Å²) in [6, 6.07) is 8.07. The number of nitrogens with zero attached hydrogens (tertiary/aromatic N) is 3. The molecule has 0 unspecified atom stereocenters. The summed E-state index contributed by atoms with van der Waals surface area (Å²) in [6.07, 6.45) is 0. The van der Waals surface area contributed by atoms with E-state index >= 15 is 0 Å². The summed E-state index contributed by atoms with van der Waals surface area (Å²) in [5.74, 6) is 0.0363. The smallest absolute Gasteiger partial charge is 0.262 e. The highest BCUT2D eigenvalue weighted by Gasteiger charge is 2.26. The van der Waals surface area contributed by atoms with E-state index < -0.39 is 0 Å². The number of hydrogen-bond donors (Lipinski definition) is 1. The molecule has 2 aromatic rings. The molecule has 1 N–H and O–H groups in total. The number of anilines is 1. The van der Waals surface area contributed by atoms with Crippen molar-refractivity contribution in [2.75, 3.05) is 18.0 Å². The Morgan fingerprint density at radius 1 is 1.27 bits per heavy atom. The second-order valence-electron chi connectivity index (χ2n) is 5.43. The number of fused-ring (bicyclic) bond motifs is 1. The molecule has 0 atom stereocenters. The Kier molecular flexibility index (Phi) is 4.88. The van der Waals surface area contributed by atoms with E-state index in [1.54, 1.807) is 4.68 Å². The third-order valence-corrected chi connectivity index (χ3v) is 4.08.